The van der Waals surface area contributed by atoms with Crippen molar-refractivity contribution in [1.29, 1.82) is 0 Å². The van der Waals surface area contributed by atoms with Crippen molar-refractivity contribution in [2.24, 2.45) is 0 Å². The van der Waals surface area contributed by atoms with Crippen LogP contribution in [0.25, 0.3) is 11.3 Å². The lowest BCUT2D eigenvalue weighted by molar-refractivity contribution is -0.384. The first-order valence-electron chi connectivity index (χ1n) is 7.34. The molecule has 7 heteroatoms. The van der Waals surface area contributed by atoms with Crippen molar-refractivity contribution in [3.8, 4) is 17.1 Å². The number of benzene rings is 1. The number of nitro groups is 1. The predicted octanol–water partition coefficient (Wildman–Crippen LogP) is 2.72. The van der Waals surface area contributed by atoms with E-state index in [1.165, 1.54) is 13.2 Å². The third-order valence-corrected chi connectivity index (χ3v) is 3.61. The molecule has 0 aliphatic carbocycles. The number of nitrogens with one attached hydrogen (secondary N) is 1. The molecule has 1 aromatic carbocycles. The molecule has 0 amide bonds. The van der Waals surface area contributed by atoms with Crippen LogP contribution in [0.15, 0.2) is 34.7 Å². The molecular weight excluding hydrogens is 300 g/mol. The average Bonchev–Trinajstić information content (AvgIpc) is 3.04. The highest BCUT2D eigenvalue weighted by Crippen LogP contribution is 2.34. The molecule has 1 unspecified atom stereocenters. The molecule has 0 spiro atoms. The molecule has 0 bridgehead atoms. The molecule has 0 aliphatic rings. The molecule has 23 heavy (non-hydrogen) atoms. The van der Waals surface area contributed by atoms with Crippen LogP contribution in [0, 0.1) is 10.1 Å². The molecule has 0 aliphatic heterocycles. The molecule has 0 radical (unpaired) electrons. The lowest BCUT2D eigenvalue weighted by Gasteiger charge is -2.12. The van der Waals surface area contributed by atoms with Crippen LogP contribution in [-0.2, 0) is 6.54 Å². The molecule has 0 saturated carbocycles. The van der Waals surface area contributed by atoms with E-state index in [-0.39, 0.29) is 18.3 Å². The first kappa shape index (κ1) is 17.0. The predicted molar refractivity (Wildman–Crippen MR) is 85.4 cm³/mol. The summed E-state index contributed by atoms with van der Waals surface area (Å²) in [5.74, 6) is 1.49. The van der Waals surface area contributed by atoms with Gasteiger partial charge in [0.1, 0.15) is 17.3 Å². The van der Waals surface area contributed by atoms with Gasteiger partial charge in [0.15, 0.2) is 0 Å². The third kappa shape index (κ3) is 4.08. The second-order valence-electron chi connectivity index (χ2n) is 5.07. The minimum absolute atomic E-state index is 0.00104. The van der Waals surface area contributed by atoms with Crippen molar-refractivity contribution in [3.05, 3.63) is 46.2 Å². The first-order valence-corrected chi connectivity index (χ1v) is 7.34. The van der Waals surface area contributed by atoms with Gasteiger partial charge in [-0.3, -0.25) is 10.1 Å². The van der Waals surface area contributed by atoms with Gasteiger partial charge in [-0.2, -0.15) is 0 Å². The zero-order chi connectivity index (χ0) is 16.8. The largest absolute Gasteiger partial charge is 0.497 e. The second kappa shape index (κ2) is 7.75. The minimum Gasteiger partial charge on any atom is -0.497 e. The van der Waals surface area contributed by atoms with E-state index in [1.54, 1.807) is 24.3 Å². The van der Waals surface area contributed by atoms with Crippen LogP contribution in [0.3, 0.4) is 0 Å². The molecule has 0 fully saturated rings. The Morgan fingerprint density at radius 3 is 2.78 bits per heavy atom. The molecule has 2 aromatic rings. The van der Waals surface area contributed by atoms with Crippen molar-refractivity contribution in [1.82, 2.24) is 5.32 Å². The Kier molecular flexibility index (Phi) is 5.72. The van der Waals surface area contributed by atoms with E-state index in [4.69, 9.17) is 14.3 Å². The standard InChI is InChI=1S/C16H20N2O5/c1-3-11(10-19)17-9-13-5-7-16(23-13)14-6-4-12(22-2)8-15(14)18(20)21/h4-8,11,17,19H,3,9-10H2,1-2H3. The summed E-state index contributed by atoms with van der Waals surface area (Å²) in [6, 6.07) is 8.09. The van der Waals surface area contributed by atoms with Gasteiger partial charge in [0.2, 0.25) is 0 Å². The number of aliphatic hydroxyl groups is 1. The number of nitrogens with zero attached hydrogens (tertiary/aromatic N) is 1. The van der Waals surface area contributed by atoms with Crippen molar-refractivity contribution in [3.63, 3.8) is 0 Å². The van der Waals surface area contributed by atoms with Crippen LogP contribution < -0.4 is 10.1 Å². The molecule has 0 saturated heterocycles. The summed E-state index contributed by atoms with van der Waals surface area (Å²) in [6.45, 7) is 2.47. The molecule has 124 valence electrons. The highest BCUT2D eigenvalue weighted by atomic mass is 16.6. The summed E-state index contributed by atoms with van der Waals surface area (Å²) in [5.41, 5.74) is 0.330. The summed E-state index contributed by atoms with van der Waals surface area (Å²) in [5, 5.41) is 23.5. The van der Waals surface area contributed by atoms with E-state index in [1.807, 2.05) is 6.92 Å². The van der Waals surface area contributed by atoms with Gasteiger partial charge >= 0.3 is 0 Å². The van der Waals surface area contributed by atoms with Crippen molar-refractivity contribution >= 4 is 5.69 Å². The van der Waals surface area contributed by atoms with Gasteiger partial charge in [-0.15, -0.1) is 0 Å². The van der Waals surface area contributed by atoms with Crippen LogP contribution in [0.2, 0.25) is 0 Å². The Morgan fingerprint density at radius 1 is 1.39 bits per heavy atom. The van der Waals surface area contributed by atoms with Crippen molar-refractivity contribution in [2.75, 3.05) is 13.7 Å². The molecule has 7 nitrogen and oxygen atoms in total. The second-order valence-corrected chi connectivity index (χ2v) is 5.07. The summed E-state index contributed by atoms with van der Waals surface area (Å²) in [7, 11) is 1.46. The highest BCUT2D eigenvalue weighted by molar-refractivity contribution is 5.71. The SMILES string of the molecule is CCC(CO)NCc1ccc(-c2ccc(OC)cc2[N+](=O)[O-])o1. The normalized spacial score (nSPS) is 12.1. The summed E-state index contributed by atoms with van der Waals surface area (Å²) < 4.78 is 10.7. The minimum atomic E-state index is -0.461. The van der Waals surface area contributed by atoms with Gasteiger partial charge in [0.25, 0.3) is 5.69 Å². The molecule has 2 rings (SSSR count). The molecule has 1 atom stereocenters. The molecule has 1 aromatic heterocycles. The third-order valence-electron chi connectivity index (χ3n) is 3.61. The van der Waals surface area contributed by atoms with Gasteiger partial charge in [0, 0.05) is 6.04 Å². The Morgan fingerprint density at radius 2 is 2.17 bits per heavy atom. The number of ether oxygens (including phenoxy) is 1. The van der Waals surface area contributed by atoms with Crippen LogP contribution in [0.5, 0.6) is 5.75 Å². The van der Waals surface area contributed by atoms with Gasteiger partial charge in [0.05, 0.1) is 36.8 Å². The van der Waals surface area contributed by atoms with Gasteiger partial charge in [-0.1, -0.05) is 6.92 Å². The maximum absolute atomic E-state index is 11.2. The Hall–Kier alpha value is -2.38. The van der Waals surface area contributed by atoms with Crippen LogP contribution >= 0.6 is 0 Å². The summed E-state index contributed by atoms with van der Waals surface area (Å²) in [6.07, 6.45) is 0.800. The number of rotatable bonds is 8. The quantitative estimate of drug-likeness (QED) is 0.573. The van der Waals surface area contributed by atoms with E-state index >= 15 is 0 Å². The van der Waals surface area contributed by atoms with E-state index in [2.05, 4.69) is 5.32 Å². The van der Waals surface area contributed by atoms with Gasteiger partial charge in [-0.25, -0.2) is 0 Å². The summed E-state index contributed by atoms with van der Waals surface area (Å²) in [4.78, 5) is 10.8. The van der Waals surface area contributed by atoms with Gasteiger partial charge < -0.3 is 19.6 Å². The van der Waals surface area contributed by atoms with E-state index in [0.717, 1.165) is 6.42 Å². The molecule has 2 N–H and O–H groups in total. The number of aliphatic hydroxyl groups excluding tert-OH is 1. The zero-order valence-corrected chi connectivity index (χ0v) is 13.1. The molecule has 1 heterocycles. The number of hydrogen-bond acceptors (Lipinski definition) is 6. The Balaban J connectivity index is 2.21. The highest BCUT2D eigenvalue weighted by Gasteiger charge is 2.19. The fourth-order valence-corrected chi connectivity index (χ4v) is 2.20. The molecular formula is C16H20N2O5. The number of nitro benzene ring substituents is 1. The average molecular weight is 320 g/mol. The fourth-order valence-electron chi connectivity index (χ4n) is 2.20. The zero-order valence-electron chi connectivity index (χ0n) is 13.1. The monoisotopic (exact) mass is 320 g/mol. The number of methoxy groups -OCH3 is 1. The van der Waals surface area contributed by atoms with E-state index in [0.29, 0.717) is 29.4 Å². The van der Waals surface area contributed by atoms with Crippen LogP contribution in [0.1, 0.15) is 19.1 Å². The number of hydrogen-bond donors (Lipinski definition) is 2. The maximum atomic E-state index is 11.2. The fraction of sp³-hybridized carbons (Fsp3) is 0.375. The Bertz CT molecular complexity index is 664. The van der Waals surface area contributed by atoms with Crippen molar-refractivity contribution < 1.29 is 19.2 Å². The lowest BCUT2D eigenvalue weighted by Crippen LogP contribution is -2.30. The topological polar surface area (TPSA) is 97.8 Å². The first-order chi connectivity index (χ1) is 11.1. The van der Waals surface area contributed by atoms with Gasteiger partial charge in [-0.05, 0) is 30.7 Å². The number of furan rings is 1. The van der Waals surface area contributed by atoms with Crippen LogP contribution in [-0.4, -0.2) is 29.8 Å². The van der Waals surface area contributed by atoms with Crippen LogP contribution in [0.4, 0.5) is 5.69 Å². The van der Waals surface area contributed by atoms with E-state index < -0.39 is 4.92 Å². The lowest BCUT2D eigenvalue weighted by atomic mass is 10.1. The van der Waals surface area contributed by atoms with Crippen molar-refractivity contribution in [2.45, 2.75) is 25.9 Å². The smallest absolute Gasteiger partial charge is 0.284 e. The van der Waals surface area contributed by atoms with E-state index in [9.17, 15) is 10.1 Å². The Labute approximate surface area is 134 Å². The summed E-state index contributed by atoms with van der Waals surface area (Å²) >= 11 is 0. The maximum Gasteiger partial charge on any atom is 0.284 e.